The molecule has 7 nitrogen and oxygen atoms in total. The molecule has 108 valence electrons. The van der Waals surface area contributed by atoms with Gasteiger partial charge in [-0.1, -0.05) is 0 Å². The zero-order valence-electron chi connectivity index (χ0n) is 11.4. The molecule has 0 aliphatic heterocycles. The highest BCUT2D eigenvalue weighted by molar-refractivity contribution is 7.80. The van der Waals surface area contributed by atoms with Gasteiger partial charge in [0.1, 0.15) is 0 Å². The average Bonchev–Trinajstić information content (AvgIpc) is 2.39. The van der Waals surface area contributed by atoms with Crippen molar-refractivity contribution in [2.24, 2.45) is 10.2 Å². The van der Waals surface area contributed by atoms with Gasteiger partial charge in [-0.25, -0.2) is 8.42 Å². The third kappa shape index (κ3) is 8.25. The van der Waals surface area contributed by atoms with E-state index in [-0.39, 0.29) is 0 Å². The van der Waals surface area contributed by atoms with E-state index in [1.165, 1.54) is 5.69 Å². The molecule has 0 unspecified atom stereocenters. The number of hydrogen-bond acceptors (Lipinski definition) is 7. The summed E-state index contributed by atoms with van der Waals surface area (Å²) in [6.45, 7) is 3.13. The van der Waals surface area contributed by atoms with Crippen LogP contribution in [0.4, 0.5) is 11.4 Å². The lowest BCUT2D eigenvalue weighted by molar-refractivity contribution is 0.314. The maximum atomic E-state index is 9.22. The van der Waals surface area contributed by atoms with Crippen LogP contribution >= 0.6 is 0 Å². The molecule has 0 aliphatic rings. The van der Waals surface area contributed by atoms with E-state index in [0.717, 1.165) is 19.3 Å². The zero-order chi connectivity index (χ0) is 14.9. The van der Waals surface area contributed by atoms with Gasteiger partial charge in [0.15, 0.2) is 0 Å². The quantitative estimate of drug-likeness (QED) is 0.479. The Morgan fingerprint density at radius 1 is 1.32 bits per heavy atom. The second-order valence-electron chi connectivity index (χ2n) is 3.41. The van der Waals surface area contributed by atoms with Crippen molar-refractivity contribution in [3.8, 4) is 0 Å². The van der Waals surface area contributed by atoms with Gasteiger partial charge in [0.2, 0.25) is 10.4 Å². The summed E-state index contributed by atoms with van der Waals surface area (Å²) in [6.07, 6.45) is 0. The van der Waals surface area contributed by atoms with Crippen LogP contribution in [0.2, 0.25) is 0 Å². The van der Waals surface area contributed by atoms with Crippen LogP contribution in [0.5, 0.6) is 0 Å². The second kappa shape index (κ2) is 8.57. The van der Waals surface area contributed by atoms with Crippen LogP contribution in [0.3, 0.4) is 0 Å². The number of anilines is 1. The standard InChI is InChI=1S/C10H15N3.CH4O4S/c1-4-13(3)10-7-5-9(6-8-10)12-11-2;1-5-6(2,3)4/h5-8H,4H2,1-3H3;1H3,(H,2,3,4)/p-1. The van der Waals surface area contributed by atoms with Crippen LogP contribution < -0.4 is 4.90 Å². The summed E-state index contributed by atoms with van der Waals surface area (Å²) in [4.78, 5) is 2.17. The molecular weight excluding hydrogens is 270 g/mol. The van der Waals surface area contributed by atoms with Gasteiger partial charge >= 0.3 is 0 Å². The first-order chi connectivity index (χ1) is 8.84. The molecule has 0 spiro atoms. The molecule has 0 radical (unpaired) electrons. The van der Waals surface area contributed by atoms with Gasteiger partial charge in [0, 0.05) is 26.3 Å². The van der Waals surface area contributed by atoms with Crippen molar-refractivity contribution in [3.63, 3.8) is 0 Å². The van der Waals surface area contributed by atoms with Crippen LogP contribution in [0.1, 0.15) is 6.92 Å². The first-order valence-corrected chi connectivity index (χ1v) is 6.79. The van der Waals surface area contributed by atoms with E-state index in [1.807, 2.05) is 24.3 Å². The van der Waals surface area contributed by atoms with Gasteiger partial charge in [-0.3, -0.25) is 4.18 Å². The van der Waals surface area contributed by atoms with E-state index < -0.39 is 10.4 Å². The molecule has 0 saturated carbocycles. The molecule has 8 heteroatoms. The first kappa shape index (κ1) is 17.5. The summed E-state index contributed by atoms with van der Waals surface area (Å²) in [5.74, 6) is 0. The Kier molecular flexibility index (Phi) is 7.89. The van der Waals surface area contributed by atoms with E-state index in [9.17, 15) is 13.0 Å². The van der Waals surface area contributed by atoms with Gasteiger partial charge < -0.3 is 9.45 Å². The second-order valence-corrected chi connectivity index (χ2v) is 4.56. The minimum Gasteiger partial charge on any atom is -0.726 e. The Morgan fingerprint density at radius 2 is 1.79 bits per heavy atom. The SMILES string of the molecule is CCN(C)c1ccc(N=NC)cc1.COS(=O)(=O)[O-]. The van der Waals surface area contributed by atoms with E-state index in [1.54, 1.807) is 7.05 Å². The fraction of sp³-hybridized carbons (Fsp3) is 0.455. The van der Waals surface area contributed by atoms with Gasteiger partial charge in [0.05, 0.1) is 12.8 Å². The van der Waals surface area contributed by atoms with Crippen molar-refractivity contribution >= 4 is 21.8 Å². The highest BCUT2D eigenvalue weighted by atomic mass is 32.3. The molecule has 0 amide bonds. The maximum Gasteiger partial charge on any atom is 0.217 e. The van der Waals surface area contributed by atoms with Crippen molar-refractivity contribution in [3.05, 3.63) is 24.3 Å². The molecule has 0 saturated heterocycles. The van der Waals surface area contributed by atoms with Crippen molar-refractivity contribution in [1.29, 1.82) is 0 Å². The fourth-order valence-corrected chi connectivity index (χ4v) is 1.07. The summed E-state index contributed by atoms with van der Waals surface area (Å²) >= 11 is 0. The lowest BCUT2D eigenvalue weighted by Crippen LogP contribution is -2.15. The highest BCUT2D eigenvalue weighted by Gasteiger charge is 1.96. The van der Waals surface area contributed by atoms with E-state index in [4.69, 9.17) is 0 Å². The molecule has 1 aromatic carbocycles. The number of nitrogens with zero attached hydrogens (tertiary/aromatic N) is 3. The molecule has 0 atom stereocenters. The Hall–Kier alpha value is -1.51. The average molecular weight is 288 g/mol. The van der Waals surface area contributed by atoms with E-state index >= 15 is 0 Å². The minimum absolute atomic E-state index is 0.808. The monoisotopic (exact) mass is 288 g/mol. The molecule has 0 aromatic heterocycles. The van der Waals surface area contributed by atoms with Crippen molar-refractivity contribution < 1.29 is 17.2 Å². The third-order valence-corrected chi connectivity index (χ3v) is 2.59. The normalized spacial score (nSPS) is 11.0. The minimum atomic E-state index is -4.41. The number of hydrogen-bond donors (Lipinski definition) is 0. The van der Waals surface area contributed by atoms with Gasteiger partial charge in [-0.05, 0) is 31.2 Å². The summed E-state index contributed by atoms with van der Waals surface area (Å²) in [6, 6.07) is 8.03. The Balaban J connectivity index is 0.000000459. The van der Waals surface area contributed by atoms with Crippen LogP contribution in [-0.4, -0.2) is 40.7 Å². The Labute approximate surface area is 113 Å². The predicted octanol–water partition coefficient (Wildman–Crippen LogP) is 1.95. The summed E-state index contributed by atoms with van der Waals surface area (Å²) < 4.78 is 31.0. The molecule has 19 heavy (non-hydrogen) atoms. The largest absolute Gasteiger partial charge is 0.726 e. The molecular formula is C11H18N3O4S-. The molecule has 0 bridgehead atoms. The van der Waals surface area contributed by atoms with Crippen molar-refractivity contribution in [2.75, 3.05) is 32.6 Å². The maximum absolute atomic E-state index is 9.22. The van der Waals surface area contributed by atoms with Crippen molar-refractivity contribution in [1.82, 2.24) is 0 Å². The van der Waals surface area contributed by atoms with Gasteiger partial charge in [0.25, 0.3) is 0 Å². The Morgan fingerprint density at radius 3 is 2.11 bits per heavy atom. The molecule has 1 rings (SSSR count). The molecule has 0 N–H and O–H groups in total. The molecule has 0 fully saturated rings. The van der Waals surface area contributed by atoms with Crippen LogP contribution in [0.15, 0.2) is 34.5 Å². The zero-order valence-corrected chi connectivity index (χ0v) is 12.2. The predicted molar refractivity (Wildman–Crippen MR) is 72.5 cm³/mol. The van der Waals surface area contributed by atoms with Crippen molar-refractivity contribution in [2.45, 2.75) is 6.92 Å². The summed E-state index contributed by atoms with van der Waals surface area (Å²) in [5.41, 5.74) is 2.10. The molecule has 0 aliphatic carbocycles. The number of azo groups is 1. The number of rotatable bonds is 4. The number of benzene rings is 1. The van der Waals surface area contributed by atoms with Crippen LogP contribution in [-0.2, 0) is 14.6 Å². The fourth-order valence-electron chi connectivity index (χ4n) is 1.07. The molecule has 0 heterocycles. The lowest BCUT2D eigenvalue weighted by Gasteiger charge is -2.16. The lowest BCUT2D eigenvalue weighted by atomic mass is 10.2. The van der Waals surface area contributed by atoms with Gasteiger partial charge in [-0.2, -0.15) is 10.2 Å². The van der Waals surface area contributed by atoms with Gasteiger partial charge in [-0.15, -0.1) is 0 Å². The Bertz CT molecular complexity index is 485. The van der Waals surface area contributed by atoms with Crippen LogP contribution in [0, 0.1) is 0 Å². The smallest absolute Gasteiger partial charge is 0.217 e. The molecule has 1 aromatic rings. The highest BCUT2D eigenvalue weighted by Crippen LogP contribution is 2.18. The first-order valence-electron chi connectivity index (χ1n) is 5.46. The summed E-state index contributed by atoms with van der Waals surface area (Å²) in [7, 11) is 0.134. The van der Waals surface area contributed by atoms with Crippen LogP contribution in [0.25, 0.3) is 0 Å². The summed E-state index contributed by atoms with van der Waals surface area (Å²) in [5, 5.41) is 7.65. The van der Waals surface area contributed by atoms with E-state index in [2.05, 4.69) is 33.3 Å². The topological polar surface area (TPSA) is 94.4 Å². The third-order valence-electron chi connectivity index (χ3n) is 2.18. The van der Waals surface area contributed by atoms with E-state index in [0.29, 0.717) is 0 Å².